The first-order valence-corrected chi connectivity index (χ1v) is 8.50. The van der Waals surface area contributed by atoms with Crippen molar-refractivity contribution in [2.45, 2.75) is 26.3 Å². The van der Waals surface area contributed by atoms with E-state index in [0.29, 0.717) is 0 Å². The molecule has 112 valence electrons. The number of hydrogen-bond acceptors (Lipinski definition) is 3. The molecular weight excluding hydrogens is 348 g/mol. The van der Waals surface area contributed by atoms with Gasteiger partial charge in [0.1, 0.15) is 0 Å². The highest BCUT2D eigenvalue weighted by Gasteiger charge is 2.06. The number of hydrogen-bond donors (Lipinski definition) is 2. The largest absolute Gasteiger partial charge is 0.326 e. The first kappa shape index (κ1) is 16.2. The Bertz CT molecular complexity index is 612. The second-order valence-electron chi connectivity index (χ2n) is 4.94. The third-order valence-electron chi connectivity index (χ3n) is 3.16. The molecule has 0 radical (unpaired) electrons. The summed E-state index contributed by atoms with van der Waals surface area (Å²) in [5.41, 5.74) is 2.02. The molecule has 0 saturated heterocycles. The van der Waals surface area contributed by atoms with Crippen LogP contribution < -0.4 is 10.6 Å². The topological polar surface area (TPSA) is 41.1 Å². The van der Waals surface area contributed by atoms with Gasteiger partial charge in [0.05, 0.1) is 3.79 Å². The van der Waals surface area contributed by atoms with Crippen LogP contribution in [-0.2, 0) is 11.2 Å². The van der Waals surface area contributed by atoms with Crippen LogP contribution in [0, 0.1) is 0 Å². The zero-order chi connectivity index (χ0) is 15.2. The van der Waals surface area contributed by atoms with E-state index in [-0.39, 0.29) is 11.9 Å². The predicted octanol–water partition coefficient (Wildman–Crippen LogP) is 4.36. The van der Waals surface area contributed by atoms with Crippen molar-refractivity contribution in [3.8, 4) is 0 Å². The van der Waals surface area contributed by atoms with Gasteiger partial charge in [-0.25, -0.2) is 0 Å². The molecule has 0 aliphatic carbocycles. The number of rotatable bonds is 6. The van der Waals surface area contributed by atoms with Gasteiger partial charge in [0.25, 0.3) is 0 Å². The van der Waals surface area contributed by atoms with Gasteiger partial charge in [0, 0.05) is 30.1 Å². The van der Waals surface area contributed by atoms with Crippen LogP contribution in [0.15, 0.2) is 40.2 Å². The molecule has 21 heavy (non-hydrogen) atoms. The molecule has 0 bridgehead atoms. The van der Waals surface area contributed by atoms with Gasteiger partial charge < -0.3 is 10.6 Å². The molecular formula is C16H19BrN2OS. The molecule has 0 aliphatic rings. The van der Waals surface area contributed by atoms with Gasteiger partial charge in [-0.3, -0.25) is 4.79 Å². The molecule has 0 aliphatic heterocycles. The lowest BCUT2D eigenvalue weighted by atomic mass is 10.1. The summed E-state index contributed by atoms with van der Waals surface area (Å²) in [6.07, 6.45) is 1.02. The minimum atomic E-state index is -0.0453. The second-order valence-corrected chi connectivity index (χ2v) is 7.49. The monoisotopic (exact) mass is 366 g/mol. The fourth-order valence-corrected chi connectivity index (χ4v) is 3.59. The summed E-state index contributed by atoms with van der Waals surface area (Å²) in [4.78, 5) is 12.5. The molecule has 1 atom stereocenters. The molecule has 0 spiro atoms. The minimum Gasteiger partial charge on any atom is -0.326 e. The summed E-state index contributed by atoms with van der Waals surface area (Å²) in [7, 11) is 0. The fourth-order valence-electron chi connectivity index (χ4n) is 2.10. The summed E-state index contributed by atoms with van der Waals surface area (Å²) in [6, 6.07) is 12.4. The van der Waals surface area contributed by atoms with Crippen molar-refractivity contribution in [3.63, 3.8) is 0 Å². The standard InChI is InChI=1S/C16H19BrN2OS/c1-11(18-9-8-15-6-7-16(17)21-15)13-4-3-5-14(10-13)19-12(2)20/h3-7,10-11,18H,8-9H2,1-2H3,(H,19,20). The number of amides is 1. The zero-order valence-corrected chi connectivity index (χ0v) is 14.6. The van der Waals surface area contributed by atoms with Crippen LogP contribution in [-0.4, -0.2) is 12.5 Å². The number of anilines is 1. The molecule has 2 aromatic rings. The Morgan fingerprint density at radius 1 is 1.33 bits per heavy atom. The van der Waals surface area contributed by atoms with Crippen molar-refractivity contribution >= 4 is 38.9 Å². The van der Waals surface area contributed by atoms with Crippen LogP contribution >= 0.6 is 27.3 Å². The lowest BCUT2D eigenvalue weighted by Gasteiger charge is -2.15. The van der Waals surface area contributed by atoms with E-state index in [4.69, 9.17) is 0 Å². The Kier molecular flexibility index (Phi) is 5.96. The molecule has 0 fully saturated rings. The molecule has 1 amide bonds. The van der Waals surface area contributed by atoms with Crippen LogP contribution in [0.25, 0.3) is 0 Å². The Labute approximate surface area is 137 Å². The van der Waals surface area contributed by atoms with E-state index in [0.717, 1.165) is 18.7 Å². The van der Waals surface area contributed by atoms with E-state index in [2.05, 4.69) is 51.7 Å². The molecule has 1 aromatic heterocycles. The van der Waals surface area contributed by atoms with Crippen LogP contribution in [0.2, 0.25) is 0 Å². The Morgan fingerprint density at radius 2 is 2.14 bits per heavy atom. The average Bonchev–Trinajstić information content (AvgIpc) is 2.84. The van der Waals surface area contributed by atoms with Gasteiger partial charge in [0.15, 0.2) is 0 Å². The van der Waals surface area contributed by atoms with Crippen molar-refractivity contribution < 1.29 is 4.79 Å². The molecule has 1 unspecified atom stereocenters. The van der Waals surface area contributed by atoms with Gasteiger partial charge >= 0.3 is 0 Å². The van der Waals surface area contributed by atoms with Crippen molar-refractivity contribution in [1.29, 1.82) is 0 Å². The predicted molar refractivity (Wildman–Crippen MR) is 92.9 cm³/mol. The summed E-state index contributed by atoms with van der Waals surface area (Å²) in [5, 5.41) is 6.33. The molecule has 0 saturated carbocycles. The summed E-state index contributed by atoms with van der Waals surface area (Å²) >= 11 is 5.25. The SMILES string of the molecule is CC(=O)Nc1cccc(C(C)NCCc2ccc(Br)s2)c1. The lowest BCUT2D eigenvalue weighted by molar-refractivity contribution is -0.114. The smallest absolute Gasteiger partial charge is 0.221 e. The quantitative estimate of drug-likeness (QED) is 0.797. The molecule has 1 heterocycles. The number of nitrogens with one attached hydrogen (secondary N) is 2. The summed E-state index contributed by atoms with van der Waals surface area (Å²) < 4.78 is 1.17. The summed E-state index contributed by atoms with van der Waals surface area (Å²) in [6.45, 7) is 4.59. The number of benzene rings is 1. The zero-order valence-electron chi connectivity index (χ0n) is 12.2. The highest BCUT2D eigenvalue weighted by atomic mass is 79.9. The van der Waals surface area contributed by atoms with E-state index in [9.17, 15) is 4.79 Å². The highest BCUT2D eigenvalue weighted by Crippen LogP contribution is 2.22. The van der Waals surface area contributed by atoms with Crippen LogP contribution in [0.3, 0.4) is 0 Å². The maximum atomic E-state index is 11.1. The maximum absolute atomic E-state index is 11.1. The van der Waals surface area contributed by atoms with E-state index in [1.165, 1.54) is 21.2 Å². The van der Waals surface area contributed by atoms with Gasteiger partial charge in [-0.15, -0.1) is 11.3 Å². The first-order chi connectivity index (χ1) is 10.0. The van der Waals surface area contributed by atoms with E-state index < -0.39 is 0 Å². The first-order valence-electron chi connectivity index (χ1n) is 6.90. The van der Waals surface area contributed by atoms with Gasteiger partial charge in [0.2, 0.25) is 5.91 Å². The number of carbonyl (C=O) groups excluding carboxylic acids is 1. The third-order valence-corrected chi connectivity index (χ3v) is 4.84. The van der Waals surface area contributed by atoms with Crippen LogP contribution in [0.1, 0.15) is 30.3 Å². The van der Waals surface area contributed by atoms with Crippen molar-refractivity contribution in [2.75, 3.05) is 11.9 Å². The number of carbonyl (C=O) groups is 1. The van der Waals surface area contributed by atoms with Gasteiger partial charge in [-0.05, 0) is 59.1 Å². The second kappa shape index (κ2) is 7.73. The number of halogens is 1. The van der Waals surface area contributed by atoms with Crippen LogP contribution in [0.4, 0.5) is 5.69 Å². The molecule has 1 aromatic carbocycles. The Balaban J connectivity index is 1.87. The lowest BCUT2D eigenvalue weighted by Crippen LogP contribution is -2.21. The van der Waals surface area contributed by atoms with E-state index in [1.807, 2.05) is 18.2 Å². The van der Waals surface area contributed by atoms with Crippen molar-refractivity contribution in [1.82, 2.24) is 5.32 Å². The number of thiophene rings is 1. The summed E-state index contributed by atoms with van der Waals surface area (Å²) in [5.74, 6) is -0.0453. The van der Waals surface area contributed by atoms with Crippen molar-refractivity contribution in [2.24, 2.45) is 0 Å². The van der Waals surface area contributed by atoms with Crippen LogP contribution in [0.5, 0.6) is 0 Å². The third kappa shape index (κ3) is 5.26. The minimum absolute atomic E-state index is 0.0453. The normalized spacial score (nSPS) is 12.1. The van der Waals surface area contributed by atoms with Gasteiger partial charge in [-0.2, -0.15) is 0 Å². The van der Waals surface area contributed by atoms with Crippen molar-refractivity contribution in [3.05, 3.63) is 50.6 Å². The average molecular weight is 367 g/mol. The fraction of sp³-hybridized carbons (Fsp3) is 0.312. The highest BCUT2D eigenvalue weighted by molar-refractivity contribution is 9.11. The molecule has 5 heteroatoms. The van der Waals surface area contributed by atoms with E-state index in [1.54, 1.807) is 11.3 Å². The van der Waals surface area contributed by atoms with E-state index >= 15 is 0 Å². The Morgan fingerprint density at radius 3 is 2.81 bits per heavy atom. The van der Waals surface area contributed by atoms with Gasteiger partial charge in [-0.1, -0.05) is 12.1 Å². The molecule has 2 rings (SSSR count). The molecule has 2 N–H and O–H groups in total. The maximum Gasteiger partial charge on any atom is 0.221 e. The molecule has 3 nitrogen and oxygen atoms in total. The Hall–Kier alpha value is -1.17.